The van der Waals surface area contributed by atoms with E-state index in [1.54, 1.807) is 6.07 Å². The van der Waals surface area contributed by atoms with Crippen molar-refractivity contribution in [3.05, 3.63) is 98.5 Å². The fourth-order valence-corrected chi connectivity index (χ4v) is 3.45. The summed E-state index contributed by atoms with van der Waals surface area (Å²) in [6.45, 7) is 2.04. The molecule has 0 saturated heterocycles. The fraction of sp³-hybridized carbons (Fsp3) is 0.182. The predicted molar refractivity (Wildman–Crippen MR) is 121 cm³/mol. The summed E-state index contributed by atoms with van der Waals surface area (Å²) in [6.07, 6.45) is 0.835. The Morgan fingerprint density at radius 3 is 2.29 bits per heavy atom. The SMILES string of the molecule is Cl.Clc1ccc(CCNCc2ccc(OCc3ccccc3)c(Cl)c2)c(Cl)c1. The Morgan fingerprint density at radius 1 is 0.786 bits per heavy atom. The van der Waals surface area contributed by atoms with Crippen LogP contribution in [0.4, 0.5) is 0 Å². The van der Waals surface area contributed by atoms with Crippen molar-refractivity contribution < 1.29 is 4.74 Å². The minimum atomic E-state index is 0. The predicted octanol–water partition coefficient (Wildman–Crippen LogP) is 6.98. The summed E-state index contributed by atoms with van der Waals surface area (Å²) in [6, 6.07) is 21.5. The van der Waals surface area contributed by atoms with Crippen LogP contribution in [0, 0.1) is 0 Å². The zero-order valence-corrected chi connectivity index (χ0v) is 18.2. The van der Waals surface area contributed by atoms with Crippen molar-refractivity contribution in [3.8, 4) is 5.75 Å². The molecule has 148 valence electrons. The first-order chi connectivity index (χ1) is 13.1. The highest BCUT2D eigenvalue weighted by molar-refractivity contribution is 6.35. The van der Waals surface area contributed by atoms with Gasteiger partial charge in [-0.1, -0.05) is 77.3 Å². The average Bonchev–Trinajstić information content (AvgIpc) is 2.67. The van der Waals surface area contributed by atoms with Gasteiger partial charge in [-0.3, -0.25) is 0 Å². The molecule has 0 saturated carbocycles. The van der Waals surface area contributed by atoms with Gasteiger partial charge in [0, 0.05) is 16.6 Å². The Kier molecular flexibility index (Phi) is 9.43. The maximum atomic E-state index is 6.36. The second-order valence-corrected chi connectivity index (χ2v) is 7.45. The van der Waals surface area contributed by atoms with E-state index >= 15 is 0 Å². The molecule has 0 fully saturated rings. The van der Waals surface area contributed by atoms with Crippen LogP contribution >= 0.6 is 47.2 Å². The maximum Gasteiger partial charge on any atom is 0.138 e. The van der Waals surface area contributed by atoms with Gasteiger partial charge in [0.25, 0.3) is 0 Å². The normalized spacial score (nSPS) is 10.4. The Morgan fingerprint density at radius 2 is 1.57 bits per heavy atom. The molecule has 0 aliphatic heterocycles. The molecule has 3 rings (SSSR count). The van der Waals surface area contributed by atoms with Crippen molar-refractivity contribution >= 4 is 47.2 Å². The van der Waals surface area contributed by atoms with E-state index < -0.39 is 0 Å². The van der Waals surface area contributed by atoms with E-state index in [0.717, 1.165) is 36.2 Å². The topological polar surface area (TPSA) is 21.3 Å². The Balaban J connectivity index is 0.00000280. The molecule has 28 heavy (non-hydrogen) atoms. The third kappa shape index (κ3) is 6.88. The lowest BCUT2D eigenvalue weighted by atomic mass is 10.1. The summed E-state index contributed by atoms with van der Waals surface area (Å²) in [7, 11) is 0. The molecule has 0 aliphatic rings. The smallest absolute Gasteiger partial charge is 0.138 e. The second-order valence-electron chi connectivity index (χ2n) is 6.20. The molecule has 3 aromatic rings. The zero-order chi connectivity index (χ0) is 19.1. The van der Waals surface area contributed by atoms with Gasteiger partial charge in [-0.05, 0) is 53.9 Å². The molecule has 0 bridgehead atoms. The second kappa shape index (κ2) is 11.5. The summed E-state index contributed by atoms with van der Waals surface area (Å²) in [5.41, 5.74) is 3.30. The summed E-state index contributed by atoms with van der Waals surface area (Å²) >= 11 is 18.5. The van der Waals surface area contributed by atoms with Crippen LogP contribution in [0.2, 0.25) is 15.1 Å². The number of ether oxygens (including phenoxy) is 1. The number of rotatable bonds is 8. The van der Waals surface area contributed by atoms with Gasteiger partial charge in [0.2, 0.25) is 0 Å². The first-order valence-corrected chi connectivity index (χ1v) is 9.85. The van der Waals surface area contributed by atoms with E-state index in [1.807, 2.05) is 60.7 Å². The first kappa shape index (κ1) is 22.9. The van der Waals surface area contributed by atoms with E-state index in [-0.39, 0.29) is 12.4 Å². The van der Waals surface area contributed by atoms with Gasteiger partial charge in [0.1, 0.15) is 12.4 Å². The Hall–Kier alpha value is -1.42. The summed E-state index contributed by atoms with van der Waals surface area (Å²) < 4.78 is 5.81. The third-order valence-electron chi connectivity index (χ3n) is 4.15. The molecule has 3 aromatic carbocycles. The Bertz CT molecular complexity index is 887. The van der Waals surface area contributed by atoms with Crippen molar-refractivity contribution in [1.29, 1.82) is 0 Å². The molecular weight excluding hydrogens is 436 g/mol. The lowest BCUT2D eigenvalue weighted by Gasteiger charge is -2.11. The van der Waals surface area contributed by atoms with Crippen molar-refractivity contribution in [1.82, 2.24) is 5.32 Å². The van der Waals surface area contributed by atoms with Crippen molar-refractivity contribution in [2.24, 2.45) is 0 Å². The minimum absolute atomic E-state index is 0. The molecule has 0 unspecified atom stereocenters. The quantitative estimate of drug-likeness (QED) is 0.369. The van der Waals surface area contributed by atoms with E-state index in [1.165, 1.54) is 0 Å². The third-order valence-corrected chi connectivity index (χ3v) is 5.03. The zero-order valence-electron chi connectivity index (χ0n) is 15.1. The average molecular weight is 457 g/mol. The van der Waals surface area contributed by atoms with Crippen molar-refractivity contribution in [3.63, 3.8) is 0 Å². The van der Waals surface area contributed by atoms with E-state index in [0.29, 0.717) is 27.4 Å². The van der Waals surface area contributed by atoms with Crippen LogP contribution in [0.25, 0.3) is 0 Å². The number of nitrogens with one attached hydrogen (secondary N) is 1. The van der Waals surface area contributed by atoms with Gasteiger partial charge in [-0.25, -0.2) is 0 Å². The van der Waals surface area contributed by atoms with Gasteiger partial charge in [-0.15, -0.1) is 12.4 Å². The highest BCUT2D eigenvalue weighted by atomic mass is 35.5. The van der Waals surface area contributed by atoms with E-state index in [4.69, 9.17) is 39.5 Å². The van der Waals surface area contributed by atoms with Crippen LogP contribution < -0.4 is 10.1 Å². The number of hydrogen-bond donors (Lipinski definition) is 1. The summed E-state index contributed by atoms with van der Waals surface area (Å²) in [5, 5.41) is 5.38. The minimum Gasteiger partial charge on any atom is -0.487 e. The highest BCUT2D eigenvalue weighted by Gasteiger charge is 2.05. The fourth-order valence-electron chi connectivity index (χ4n) is 2.69. The summed E-state index contributed by atoms with van der Waals surface area (Å²) in [4.78, 5) is 0. The molecule has 0 spiro atoms. The van der Waals surface area contributed by atoms with Crippen molar-refractivity contribution in [2.45, 2.75) is 19.6 Å². The van der Waals surface area contributed by atoms with Gasteiger partial charge in [0.05, 0.1) is 5.02 Å². The van der Waals surface area contributed by atoms with Gasteiger partial charge >= 0.3 is 0 Å². The van der Waals surface area contributed by atoms with Crippen LogP contribution in [-0.2, 0) is 19.6 Å². The number of benzene rings is 3. The molecule has 6 heteroatoms. The van der Waals surface area contributed by atoms with Crippen LogP contribution in [0.5, 0.6) is 5.75 Å². The van der Waals surface area contributed by atoms with Gasteiger partial charge in [0.15, 0.2) is 0 Å². The van der Waals surface area contributed by atoms with Crippen LogP contribution in [0.3, 0.4) is 0 Å². The first-order valence-electron chi connectivity index (χ1n) is 8.71. The molecule has 0 atom stereocenters. The standard InChI is InChI=1S/C22H20Cl3NO.ClH/c23-19-8-7-18(20(24)13-19)10-11-26-14-17-6-9-22(21(25)12-17)27-15-16-4-2-1-3-5-16;/h1-9,12-13,26H,10-11,14-15H2;1H. The van der Waals surface area contributed by atoms with Crippen molar-refractivity contribution in [2.75, 3.05) is 6.54 Å². The number of hydrogen-bond acceptors (Lipinski definition) is 2. The lowest BCUT2D eigenvalue weighted by molar-refractivity contribution is 0.306. The maximum absolute atomic E-state index is 6.36. The summed E-state index contributed by atoms with van der Waals surface area (Å²) in [5.74, 6) is 0.692. The largest absolute Gasteiger partial charge is 0.487 e. The lowest BCUT2D eigenvalue weighted by Crippen LogP contribution is -2.16. The van der Waals surface area contributed by atoms with Crippen LogP contribution in [-0.4, -0.2) is 6.54 Å². The van der Waals surface area contributed by atoms with Crippen LogP contribution in [0.1, 0.15) is 16.7 Å². The molecule has 0 aliphatic carbocycles. The molecule has 0 radical (unpaired) electrons. The molecule has 2 nitrogen and oxygen atoms in total. The van der Waals surface area contributed by atoms with E-state index in [9.17, 15) is 0 Å². The number of halogens is 4. The van der Waals surface area contributed by atoms with Gasteiger partial charge < -0.3 is 10.1 Å². The molecular formula is C22H21Cl4NO. The molecule has 0 heterocycles. The monoisotopic (exact) mass is 455 g/mol. The van der Waals surface area contributed by atoms with Crippen LogP contribution in [0.15, 0.2) is 66.7 Å². The highest BCUT2D eigenvalue weighted by Crippen LogP contribution is 2.26. The van der Waals surface area contributed by atoms with E-state index in [2.05, 4.69) is 5.32 Å². The molecule has 0 amide bonds. The van der Waals surface area contributed by atoms with Gasteiger partial charge in [-0.2, -0.15) is 0 Å². The molecule has 0 aromatic heterocycles. The Labute approximate surface area is 187 Å². The molecule has 1 N–H and O–H groups in total.